The summed E-state index contributed by atoms with van der Waals surface area (Å²) < 4.78 is 25.0. The lowest BCUT2D eigenvalue weighted by molar-refractivity contribution is 0.425. The zero-order valence-electron chi connectivity index (χ0n) is 13.8. The summed E-state index contributed by atoms with van der Waals surface area (Å²) in [5.41, 5.74) is 6.13. The van der Waals surface area contributed by atoms with Gasteiger partial charge < -0.3 is 10.6 Å². The number of aliphatic imine (C=N–C) groups is 1. The van der Waals surface area contributed by atoms with E-state index in [4.69, 9.17) is 5.73 Å². The van der Waals surface area contributed by atoms with Gasteiger partial charge in [0.1, 0.15) is 0 Å². The fraction of sp³-hybridized carbons (Fsp3) is 0.588. The first kappa shape index (κ1) is 17.8. The van der Waals surface area contributed by atoms with Crippen molar-refractivity contribution < 1.29 is 8.42 Å². The monoisotopic (exact) mass is 337 g/mol. The highest BCUT2D eigenvalue weighted by Crippen LogP contribution is 2.15. The predicted molar refractivity (Wildman–Crippen MR) is 94.2 cm³/mol. The molecule has 1 saturated heterocycles. The van der Waals surface area contributed by atoms with Crippen molar-refractivity contribution in [1.29, 1.82) is 0 Å². The first-order valence-electron chi connectivity index (χ1n) is 8.39. The van der Waals surface area contributed by atoms with Crippen LogP contribution in [0.1, 0.15) is 39.0 Å². The molecule has 1 fully saturated rings. The smallest absolute Gasteiger partial charge is 0.191 e. The topological polar surface area (TPSA) is 75.8 Å². The highest BCUT2D eigenvalue weighted by Gasteiger charge is 2.21. The molecule has 1 unspecified atom stereocenters. The van der Waals surface area contributed by atoms with Crippen LogP contribution in [0.15, 0.2) is 40.2 Å². The van der Waals surface area contributed by atoms with Gasteiger partial charge in [-0.05, 0) is 31.4 Å². The van der Waals surface area contributed by atoms with Gasteiger partial charge in [0.05, 0.1) is 16.7 Å². The van der Waals surface area contributed by atoms with Crippen LogP contribution in [0, 0.1) is 0 Å². The molecule has 0 amide bonds. The van der Waals surface area contributed by atoms with Crippen LogP contribution in [0.4, 0.5) is 0 Å². The standard InChI is InChI=1S/C17H27N3O2S/c1-2-15(14-23(21,22)16-10-6-5-7-11-16)19-17(18)20-12-8-3-4-9-13-20/h5-7,10-11,15H,2-4,8-9,12-14H2,1H3,(H2,18,19). The molecule has 0 radical (unpaired) electrons. The van der Waals surface area contributed by atoms with Gasteiger partial charge in [0.15, 0.2) is 15.8 Å². The summed E-state index contributed by atoms with van der Waals surface area (Å²) in [4.78, 5) is 6.95. The average molecular weight is 337 g/mol. The van der Waals surface area contributed by atoms with Crippen molar-refractivity contribution in [2.75, 3.05) is 18.8 Å². The maximum atomic E-state index is 12.5. The van der Waals surface area contributed by atoms with E-state index in [9.17, 15) is 8.42 Å². The summed E-state index contributed by atoms with van der Waals surface area (Å²) in [6.45, 7) is 3.78. The van der Waals surface area contributed by atoms with Crippen molar-refractivity contribution in [1.82, 2.24) is 4.90 Å². The normalized spacial score (nSPS) is 18.5. The SMILES string of the molecule is CCC(CS(=O)(=O)c1ccccc1)N=C(N)N1CCCCCC1. The van der Waals surface area contributed by atoms with Crippen LogP contribution in [0.5, 0.6) is 0 Å². The van der Waals surface area contributed by atoms with Gasteiger partial charge in [0.2, 0.25) is 0 Å². The van der Waals surface area contributed by atoms with E-state index in [0.29, 0.717) is 17.3 Å². The van der Waals surface area contributed by atoms with Gasteiger partial charge in [0, 0.05) is 13.1 Å². The van der Waals surface area contributed by atoms with E-state index in [1.807, 2.05) is 13.0 Å². The maximum absolute atomic E-state index is 12.5. The second kappa shape index (κ2) is 8.34. The molecule has 1 heterocycles. The Morgan fingerprint density at radius 1 is 1.17 bits per heavy atom. The number of benzene rings is 1. The summed E-state index contributed by atoms with van der Waals surface area (Å²) in [6, 6.07) is 8.24. The van der Waals surface area contributed by atoms with Crippen molar-refractivity contribution in [2.24, 2.45) is 10.7 Å². The largest absolute Gasteiger partial charge is 0.370 e. The Hall–Kier alpha value is -1.56. The number of hydrogen-bond donors (Lipinski definition) is 1. The number of guanidine groups is 1. The Kier molecular flexibility index (Phi) is 6.45. The first-order valence-corrected chi connectivity index (χ1v) is 10.0. The quantitative estimate of drug-likeness (QED) is 0.661. The molecule has 6 heteroatoms. The summed E-state index contributed by atoms with van der Waals surface area (Å²) >= 11 is 0. The van der Waals surface area contributed by atoms with Gasteiger partial charge in [-0.15, -0.1) is 0 Å². The number of rotatable bonds is 5. The second-order valence-corrected chi connectivity index (χ2v) is 8.08. The molecular weight excluding hydrogens is 310 g/mol. The molecule has 2 N–H and O–H groups in total. The molecule has 1 aliphatic heterocycles. The van der Waals surface area contributed by atoms with E-state index < -0.39 is 9.84 Å². The Balaban J connectivity index is 2.08. The Morgan fingerprint density at radius 3 is 2.35 bits per heavy atom. The summed E-state index contributed by atoms with van der Waals surface area (Å²) in [7, 11) is -3.34. The van der Waals surface area contributed by atoms with Crippen molar-refractivity contribution in [3.05, 3.63) is 30.3 Å². The summed E-state index contributed by atoms with van der Waals surface area (Å²) in [5, 5.41) is 0. The molecule has 1 aromatic rings. The van der Waals surface area contributed by atoms with Crippen LogP contribution in [0.3, 0.4) is 0 Å². The van der Waals surface area contributed by atoms with Gasteiger partial charge >= 0.3 is 0 Å². The maximum Gasteiger partial charge on any atom is 0.191 e. The fourth-order valence-corrected chi connectivity index (χ4v) is 4.37. The molecular formula is C17H27N3O2S. The number of hydrogen-bond acceptors (Lipinski definition) is 3. The number of nitrogens with zero attached hydrogens (tertiary/aromatic N) is 2. The summed E-state index contributed by atoms with van der Waals surface area (Å²) in [5.74, 6) is 0.490. The van der Waals surface area contributed by atoms with Crippen molar-refractivity contribution in [3.8, 4) is 0 Å². The molecule has 0 spiro atoms. The molecule has 5 nitrogen and oxygen atoms in total. The minimum atomic E-state index is -3.34. The van der Waals surface area contributed by atoms with E-state index >= 15 is 0 Å². The number of likely N-dealkylation sites (tertiary alicyclic amines) is 1. The zero-order valence-corrected chi connectivity index (χ0v) is 14.6. The van der Waals surface area contributed by atoms with E-state index in [2.05, 4.69) is 9.89 Å². The third kappa shape index (κ3) is 5.23. The lowest BCUT2D eigenvalue weighted by Gasteiger charge is -2.23. The first-order chi connectivity index (χ1) is 11.0. The Labute approximate surface area is 139 Å². The van der Waals surface area contributed by atoms with Gasteiger partial charge in [0.25, 0.3) is 0 Å². The molecule has 128 valence electrons. The van der Waals surface area contributed by atoms with Crippen LogP contribution in [0.2, 0.25) is 0 Å². The number of nitrogens with two attached hydrogens (primary N) is 1. The van der Waals surface area contributed by atoms with Crippen LogP contribution < -0.4 is 5.73 Å². The third-order valence-corrected chi connectivity index (χ3v) is 6.04. The van der Waals surface area contributed by atoms with E-state index in [0.717, 1.165) is 25.9 Å². The number of sulfone groups is 1. The highest BCUT2D eigenvalue weighted by atomic mass is 32.2. The van der Waals surface area contributed by atoms with Crippen LogP contribution >= 0.6 is 0 Å². The molecule has 1 aliphatic rings. The van der Waals surface area contributed by atoms with Crippen molar-refractivity contribution in [3.63, 3.8) is 0 Å². The molecule has 2 rings (SSSR count). The van der Waals surface area contributed by atoms with Crippen molar-refractivity contribution >= 4 is 15.8 Å². The van der Waals surface area contributed by atoms with Crippen molar-refractivity contribution in [2.45, 2.75) is 50.0 Å². The molecule has 0 aromatic heterocycles. The van der Waals surface area contributed by atoms with Gasteiger partial charge in [-0.2, -0.15) is 0 Å². The molecule has 0 bridgehead atoms. The molecule has 0 aliphatic carbocycles. The second-order valence-electron chi connectivity index (χ2n) is 6.05. The minimum Gasteiger partial charge on any atom is -0.370 e. The Morgan fingerprint density at radius 2 is 1.78 bits per heavy atom. The minimum absolute atomic E-state index is 0.00204. The third-order valence-electron chi connectivity index (χ3n) is 4.23. The van der Waals surface area contributed by atoms with Gasteiger partial charge in [-0.3, -0.25) is 0 Å². The van der Waals surface area contributed by atoms with Crippen LogP contribution in [0.25, 0.3) is 0 Å². The lowest BCUT2D eigenvalue weighted by atomic mass is 10.2. The highest BCUT2D eigenvalue weighted by molar-refractivity contribution is 7.91. The van der Waals surface area contributed by atoms with E-state index in [-0.39, 0.29) is 11.8 Å². The Bertz CT molecular complexity index is 606. The summed E-state index contributed by atoms with van der Waals surface area (Å²) in [6.07, 6.45) is 5.35. The molecule has 23 heavy (non-hydrogen) atoms. The molecule has 0 saturated carbocycles. The van der Waals surface area contributed by atoms with Gasteiger partial charge in [-0.25, -0.2) is 13.4 Å². The fourth-order valence-electron chi connectivity index (χ4n) is 2.79. The average Bonchev–Trinajstić information content (AvgIpc) is 2.84. The lowest BCUT2D eigenvalue weighted by Crippen LogP contribution is -2.39. The molecule has 1 aromatic carbocycles. The predicted octanol–water partition coefficient (Wildman–Crippen LogP) is 2.43. The zero-order chi connectivity index (χ0) is 16.7. The van der Waals surface area contributed by atoms with Gasteiger partial charge in [-0.1, -0.05) is 38.0 Å². The van der Waals surface area contributed by atoms with Crippen LogP contribution in [-0.4, -0.2) is 44.2 Å². The van der Waals surface area contributed by atoms with E-state index in [1.54, 1.807) is 24.3 Å². The van der Waals surface area contributed by atoms with E-state index in [1.165, 1.54) is 12.8 Å². The molecule has 1 atom stereocenters. The van der Waals surface area contributed by atoms with Crippen LogP contribution in [-0.2, 0) is 9.84 Å².